The molecule has 0 saturated heterocycles. The molecule has 7 nitrogen and oxygen atoms in total. The van der Waals surface area contributed by atoms with E-state index < -0.39 is 4.92 Å². The smallest absolute Gasteiger partial charge is 0.295 e. The van der Waals surface area contributed by atoms with Gasteiger partial charge in [-0.2, -0.15) is 0 Å². The van der Waals surface area contributed by atoms with Gasteiger partial charge in [0.15, 0.2) is 0 Å². The van der Waals surface area contributed by atoms with Gasteiger partial charge >= 0.3 is 0 Å². The monoisotopic (exact) mass is 500 g/mol. The highest BCUT2D eigenvalue weighted by atomic mass is 79.9. The zero-order valence-corrected chi connectivity index (χ0v) is 18.4. The van der Waals surface area contributed by atoms with Crippen LogP contribution in [0.1, 0.15) is 0 Å². The molecule has 0 unspecified atom stereocenters. The summed E-state index contributed by atoms with van der Waals surface area (Å²) in [6.07, 6.45) is 0. The molecule has 0 aliphatic carbocycles. The number of rotatable bonds is 2. The fourth-order valence-corrected chi connectivity index (χ4v) is 2.73. The van der Waals surface area contributed by atoms with Gasteiger partial charge in [-0.15, -0.1) is 0 Å². The predicted octanol–water partition coefficient (Wildman–Crippen LogP) is 5.79. The van der Waals surface area contributed by atoms with Crippen LogP contribution in [0.5, 0.6) is 5.75 Å². The fraction of sp³-hybridized carbons (Fsp3) is 0.0526. The van der Waals surface area contributed by atoms with Gasteiger partial charge < -0.3 is 21.9 Å². The lowest BCUT2D eigenvalue weighted by Crippen LogP contribution is -1.95. The van der Waals surface area contributed by atoms with Crippen LogP contribution in [-0.4, -0.2) is 12.0 Å². The molecule has 0 radical (unpaired) electrons. The van der Waals surface area contributed by atoms with Crippen molar-refractivity contribution >= 4 is 61.9 Å². The SMILES string of the molecule is COc1ccc(N)cc1.Nc1c(Cl)cc(Cl)cc1[N+](=O)[O-].Nc1cccc(Br)c1. The number of nitrogens with two attached hydrogens (primary N) is 3. The Kier molecular flexibility index (Phi) is 10.1. The number of ether oxygens (including phenoxy) is 1. The number of nitro benzene ring substituents is 1. The van der Waals surface area contributed by atoms with Crippen molar-refractivity contribution in [1.29, 1.82) is 0 Å². The summed E-state index contributed by atoms with van der Waals surface area (Å²) >= 11 is 14.4. The Morgan fingerprint density at radius 3 is 2.03 bits per heavy atom. The molecule has 0 saturated carbocycles. The minimum Gasteiger partial charge on any atom is -0.497 e. The van der Waals surface area contributed by atoms with E-state index in [1.807, 2.05) is 36.4 Å². The largest absolute Gasteiger partial charge is 0.497 e. The number of nitrogen functional groups attached to an aromatic ring is 3. The Balaban J connectivity index is 0.000000223. The van der Waals surface area contributed by atoms with Crippen LogP contribution in [0.25, 0.3) is 0 Å². The summed E-state index contributed by atoms with van der Waals surface area (Å²) in [6, 6.07) is 17.3. The lowest BCUT2D eigenvalue weighted by atomic mass is 10.3. The molecule has 29 heavy (non-hydrogen) atoms. The Bertz CT molecular complexity index is 939. The van der Waals surface area contributed by atoms with Gasteiger partial charge in [-0.3, -0.25) is 10.1 Å². The standard InChI is InChI=1S/C7H9NO.C6H6BrN.C6H4Cl2N2O2/c1-9-7-4-2-6(8)3-5-7;7-5-2-1-3-6(8)4-5;7-3-1-4(8)6(9)5(2-3)10(11)12/h2-5H,8H2,1H3;1-4H,8H2;1-2H,9H2. The van der Waals surface area contributed by atoms with Crippen LogP contribution in [0.2, 0.25) is 10.0 Å². The molecule has 0 aromatic heterocycles. The number of methoxy groups -OCH3 is 1. The topological polar surface area (TPSA) is 130 Å². The van der Waals surface area contributed by atoms with E-state index in [9.17, 15) is 10.1 Å². The van der Waals surface area contributed by atoms with Crippen LogP contribution < -0.4 is 21.9 Å². The predicted molar refractivity (Wildman–Crippen MR) is 123 cm³/mol. The second kappa shape index (κ2) is 12.0. The van der Waals surface area contributed by atoms with Crippen molar-refractivity contribution in [3.8, 4) is 5.75 Å². The maximum Gasteiger partial charge on any atom is 0.295 e. The Morgan fingerprint density at radius 1 is 0.966 bits per heavy atom. The summed E-state index contributed by atoms with van der Waals surface area (Å²) in [6.45, 7) is 0. The van der Waals surface area contributed by atoms with Crippen molar-refractivity contribution < 1.29 is 9.66 Å². The lowest BCUT2D eigenvalue weighted by molar-refractivity contribution is -0.383. The van der Waals surface area contributed by atoms with Crippen molar-refractivity contribution in [2.45, 2.75) is 0 Å². The molecule has 0 heterocycles. The fourth-order valence-electron chi connectivity index (χ4n) is 1.83. The molecule has 154 valence electrons. The first kappa shape index (κ1) is 24.4. The minimum atomic E-state index is -0.632. The van der Waals surface area contributed by atoms with Crippen molar-refractivity contribution in [2.24, 2.45) is 0 Å². The molecule has 10 heteroatoms. The van der Waals surface area contributed by atoms with Crippen LogP contribution in [0.15, 0.2) is 65.1 Å². The van der Waals surface area contributed by atoms with E-state index in [2.05, 4.69) is 15.9 Å². The number of anilines is 3. The van der Waals surface area contributed by atoms with E-state index in [0.29, 0.717) is 0 Å². The number of nitrogens with zero attached hydrogens (tertiary/aromatic N) is 1. The molecule has 0 bridgehead atoms. The van der Waals surface area contributed by atoms with E-state index >= 15 is 0 Å². The summed E-state index contributed by atoms with van der Waals surface area (Å²) < 4.78 is 5.94. The zero-order valence-electron chi connectivity index (χ0n) is 15.3. The first-order valence-electron chi connectivity index (χ1n) is 7.93. The third kappa shape index (κ3) is 8.91. The molecule has 0 atom stereocenters. The van der Waals surface area contributed by atoms with Crippen molar-refractivity contribution in [3.63, 3.8) is 0 Å². The third-order valence-corrected chi connectivity index (χ3v) is 4.26. The number of hydrogen-bond donors (Lipinski definition) is 3. The van der Waals surface area contributed by atoms with Crippen LogP contribution in [0, 0.1) is 10.1 Å². The van der Waals surface area contributed by atoms with Gasteiger partial charge in [0.25, 0.3) is 5.69 Å². The summed E-state index contributed by atoms with van der Waals surface area (Å²) in [7, 11) is 1.63. The van der Waals surface area contributed by atoms with Crippen LogP contribution in [-0.2, 0) is 0 Å². The van der Waals surface area contributed by atoms with Gasteiger partial charge in [-0.05, 0) is 48.5 Å². The molecule has 0 aliphatic heterocycles. The van der Waals surface area contributed by atoms with E-state index in [1.165, 1.54) is 6.07 Å². The number of hydrogen-bond acceptors (Lipinski definition) is 6. The molecular formula is C19H19BrCl2N4O3. The minimum absolute atomic E-state index is 0.0638. The molecule has 0 spiro atoms. The van der Waals surface area contributed by atoms with Gasteiger partial charge in [0.05, 0.1) is 17.1 Å². The average molecular weight is 502 g/mol. The molecule has 6 N–H and O–H groups in total. The van der Waals surface area contributed by atoms with Gasteiger partial charge in [0.1, 0.15) is 11.4 Å². The maximum atomic E-state index is 10.3. The van der Waals surface area contributed by atoms with Crippen LogP contribution >= 0.6 is 39.1 Å². The van der Waals surface area contributed by atoms with Gasteiger partial charge in [0.2, 0.25) is 0 Å². The Morgan fingerprint density at radius 2 is 1.59 bits per heavy atom. The van der Waals surface area contributed by atoms with Crippen LogP contribution in [0.4, 0.5) is 22.7 Å². The first-order valence-corrected chi connectivity index (χ1v) is 9.48. The molecule has 0 amide bonds. The normalized spacial score (nSPS) is 9.38. The van der Waals surface area contributed by atoms with Crippen LogP contribution in [0.3, 0.4) is 0 Å². The van der Waals surface area contributed by atoms with E-state index in [-0.39, 0.29) is 21.4 Å². The molecular weight excluding hydrogens is 483 g/mol. The quantitative estimate of drug-likeness (QED) is 0.231. The second-order valence-electron chi connectivity index (χ2n) is 5.41. The summed E-state index contributed by atoms with van der Waals surface area (Å²) in [5.41, 5.74) is 17.4. The number of halogens is 3. The van der Waals surface area contributed by atoms with Gasteiger partial charge in [-0.1, -0.05) is 45.2 Å². The van der Waals surface area contributed by atoms with Gasteiger partial charge in [-0.25, -0.2) is 0 Å². The summed E-state index contributed by atoms with van der Waals surface area (Å²) in [4.78, 5) is 9.70. The molecule has 0 aliphatic rings. The highest BCUT2D eigenvalue weighted by molar-refractivity contribution is 9.10. The van der Waals surface area contributed by atoms with Crippen molar-refractivity contribution in [2.75, 3.05) is 24.3 Å². The first-order chi connectivity index (χ1) is 13.6. The van der Waals surface area contributed by atoms with Crippen molar-refractivity contribution in [3.05, 3.63) is 85.3 Å². The molecule has 3 aromatic rings. The molecule has 3 aromatic carbocycles. The maximum absolute atomic E-state index is 10.3. The molecule has 3 rings (SSSR count). The Hall–Kier alpha value is -2.68. The highest BCUT2D eigenvalue weighted by Crippen LogP contribution is 2.32. The van der Waals surface area contributed by atoms with E-state index in [0.717, 1.165) is 27.7 Å². The zero-order chi connectivity index (χ0) is 22.0. The Labute approximate surface area is 186 Å². The van der Waals surface area contributed by atoms with E-state index in [4.69, 9.17) is 45.1 Å². The van der Waals surface area contributed by atoms with E-state index in [1.54, 1.807) is 19.2 Å². The lowest BCUT2D eigenvalue weighted by Gasteiger charge is -1.99. The van der Waals surface area contributed by atoms with Crippen molar-refractivity contribution in [1.82, 2.24) is 0 Å². The summed E-state index contributed by atoms with van der Waals surface area (Å²) in [5.74, 6) is 0.837. The summed E-state index contributed by atoms with van der Waals surface area (Å²) in [5, 5.41) is 10.6. The second-order valence-corrected chi connectivity index (χ2v) is 7.16. The molecule has 0 fully saturated rings. The highest BCUT2D eigenvalue weighted by Gasteiger charge is 2.15. The average Bonchev–Trinajstić information content (AvgIpc) is 2.66. The third-order valence-electron chi connectivity index (χ3n) is 3.23. The number of nitro groups is 1. The van der Waals surface area contributed by atoms with Gasteiger partial charge in [0, 0.05) is 26.9 Å². The number of benzene rings is 3.